The molecule has 1 amide bonds. The number of nitrogens with one attached hydrogen (secondary N) is 3. The molecule has 3 N–H and O–H groups in total. The highest BCUT2D eigenvalue weighted by atomic mass is 35.5. The van der Waals surface area contributed by atoms with E-state index in [2.05, 4.69) is 25.6 Å². The average molecular weight is 385 g/mol. The highest BCUT2D eigenvalue weighted by Crippen LogP contribution is 2.22. The SMILES string of the molecule is O=C(CNc1cc(Cl)cc(Cl)c1)NCc1nc2nc(Cl)ccc2[nH]1. The lowest BCUT2D eigenvalue weighted by Crippen LogP contribution is -2.29. The predicted octanol–water partition coefficient (Wildman–Crippen LogP) is 3.65. The zero-order valence-electron chi connectivity index (χ0n) is 12.2. The lowest BCUT2D eigenvalue weighted by atomic mass is 10.3. The quantitative estimate of drug-likeness (QED) is 0.586. The third-order valence-electron chi connectivity index (χ3n) is 3.13. The molecule has 0 unspecified atom stereocenters. The second-order valence-electron chi connectivity index (χ2n) is 4.98. The highest BCUT2D eigenvalue weighted by Gasteiger charge is 2.07. The molecule has 0 spiro atoms. The van der Waals surface area contributed by atoms with E-state index in [0.717, 1.165) is 5.52 Å². The van der Waals surface area contributed by atoms with Gasteiger partial charge in [-0.1, -0.05) is 34.8 Å². The van der Waals surface area contributed by atoms with Gasteiger partial charge >= 0.3 is 0 Å². The molecule has 0 aliphatic rings. The molecule has 0 saturated carbocycles. The predicted molar refractivity (Wildman–Crippen MR) is 95.7 cm³/mol. The van der Waals surface area contributed by atoms with Gasteiger partial charge in [-0.25, -0.2) is 9.97 Å². The largest absolute Gasteiger partial charge is 0.376 e. The van der Waals surface area contributed by atoms with Gasteiger partial charge in [-0.05, 0) is 30.3 Å². The van der Waals surface area contributed by atoms with Crippen molar-refractivity contribution in [3.05, 3.63) is 51.4 Å². The zero-order valence-corrected chi connectivity index (χ0v) is 14.5. The highest BCUT2D eigenvalue weighted by molar-refractivity contribution is 6.35. The molecule has 9 heteroatoms. The molecule has 24 heavy (non-hydrogen) atoms. The second-order valence-corrected chi connectivity index (χ2v) is 6.24. The molecule has 3 rings (SSSR count). The van der Waals surface area contributed by atoms with Crippen molar-refractivity contribution in [2.45, 2.75) is 6.54 Å². The molecule has 3 aromatic rings. The van der Waals surface area contributed by atoms with Crippen molar-refractivity contribution < 1.29 is 4.79 Å². The lowest BCUT2D eigenvalue weighted by Gasteiger charge is -2.07. The average Bonchev–Trinajstić information content (AvgIpc) is 2.92. The van der Waals surface area contributed by atoms with E-state index in [1.165, 1.54) is 0 Å². The number of carbonyl (C=O) groups is 1. The van der Waals surface area contributed by atoms with Crippen LogP contribution in [-0.4, -0.2) is 27.4 Å². The molecule has 0 bridgehead atoms. The number of rotatable bonds is 5. The summed E-state index contributed by atoms with van der Waals surface area (Å²) in [5, 5.41) is 7.07. The fraction of sp³-hybridized carbons (Fsp3) is 0.133. The van der Waals surface area contributed by atoms with Crippen molar-refractivity contribution in [2.24, 2.45) is 0 Å². The van der Waals surface area contributed by atoms with Gasteiger partial charge in [-0.3, -0.25) is 4.79 Å². The number of pyridine rings is 1. The molecular weight excluding hydrogens is 373 g/mol. The summed E-state index contributed by atoms with van der Waals surface area (Å²) >= 11 is 17.6. The number of benzene rings is 1. The Bertz CT molecular complexity index is 876. The Labute approximate surface area is 152 Å². The van der Waals surface area contributed by atoms with Crippen LogP contribution in [0.5, 0.6) is 0 Å². The van der Waals surface area contributed by atoms with Crippen molar-refractivity contribution in [2.75, 3.05) is 11.9 Å². The summed E-state index contributed by atoms with van der Waals surface area (Å²) in [6.07, 6.45) is 0. The molecule has 0 aliphatic carbocycles. The summed E-state index contributed by atoms with van der Waals surface area (Å²) in [6.45, 7) is 0.339. The number of nitrogens with zero attached hydrogens (tertiary/aromatic N) is 2. The molecule has 0 saturated heterocycles. The number of aromatic nitrogens is 3. The van der Waals surface area contributed by atoms with E-state index in [1.807, 2.05) is 0 Å². The Morgan fingerprint density at radius 1 is 1.08 bits per heavy atom. The first-order chi connectivity index (χ1) is 11.5. The molecule has 0 aliphatic heterocycles. The number of hydrogen-bond donors (Lipinski definition) is 3. The number of hydrogen-bond acceptors (Lipinski definition) is 4. The first-order valence-corrected chi connectivity index (χ1v) is 8.11. The number of halogens is 3. The van der Waals surface area contributed by atoms with Crippen LogP contribution < -0.4 is 10.6 Å². The number of anilines is 1. The fourth-order valence-electron chi connectivity index (χ4n) is 2.09. The number of imidazole rings is 1. The first-order valence-electron chi connectivity index (χ1n) is 6.97. The van der Waals surface area contributed by atoms with E-state index in [1.54, 1.807) is 30.3 Å². The second kappa shape index (κ2) is 7.25. The smallest absolute Gasteiger partial charge is 0.239 e. The number of aromatic amines is 1. The fourth-order valence-corrected chi connectivity index (χ4v) is 2.76. The molecule has 2 heterocycles. The number of carbonyl (C=O) groups excluding carboxylic acids is 1. The van der Waals surface area contributed by atoms with Gasteiger partial charge in [0.2, 0.25) is 5.91 Å². The molecule has 6 nitrogen and oxygen atoms in total. The van der Waals surface area contributed by atoms with Gasteiger partial charge in [0.15, 0.2) is 5.65 Å². The van der Waals surface area contributed by atoms with Gasteiger partial charge in [-0.15, -0.1) is 0 Å². The third kappa shape index (κ3) is 4.29. The standard InChI is InChI=1S/C15H12Cl3N5O/c16-8-3-9(17)5-10(4-8)19-7-14(24)20-6-13-21-11-1-2-12(18)22-15(11)23-13/h1-5,19H,6-7H2,(H,20,24)(H,21,22,23). The van der Waals surface area contributed by atoms with E-state index in [4.69, 9.17) is 34.8 Å². The summed E-state index contributed by atoms with van der Waals surface area (Å²) < 4.78 is 0. The zero-order chi connectivity index (χ0) is 17.1. The minimum absolute atomic E-state index is 0.0843. The van der Waals surface area contributed by atoms with Gasteiger partial charge in [0, 0.05) is 15.7 Å². The van der Waals surface area contributed by atoms with E-state index in [0.29, 0.717) is 32.4 Å². The van der Waals surface area contributed by atoms with Crippen LogP contribution in [0.25, 0.3) is 11.2 Å². The van der Waals surface area contributed by atoms with Crippen LogP contribution in [0, 0.1) is 0 Å². The van der Waals surface area contributed by atoms with Crippen LogP contribution >= 0.6 is 34.8 Å². The maximum atomic E-state index is 11.9. The molecule has 124 valence electrons. The number of H-pyrrole nitrogens is 1. The van der Waals surface area contributed by atoms with Crippen LogP contribution in [0.3, 0.4) is 0 Å². The minimum atomic E-state index is -0.197. The summed E-state index contributed by atoms with van der Waals surface area (Å²) in [4.78, 5) is 23.3. The Morgan fingerprint density at radius 2 is 1.83 bits per heavy atom. The first kappa shape index (κ1) is 16.8. The van der Waals surface area contributed by atoms with Crippen molar-refractivity contribution in [1.29, 1.82) is 0 Å². The maximum absolute atomic E-state index is 11.9. The summed E-state index contributed by atoms with van der Waals surface area (Å²) in [6, 6.07) is 8.46. The topological polar surface area (TPSA) is 82.7 Å². The molecule has 0 fully saturated rings. The molecular formula is C15H12Cl3N5O. The van der Waals surface area contributed by atoms with Crippen molar-refractivity contribution >= 4 is 57.6 Å². The van der Waals surface area contributed by atoms with Gasteiger partial charge in [-0.2, -0.15) is 0 Å². The third-order valence-corrected chi connectivity index (χ3v) is 3.78. The maximum Gasteiger partial charge on any atom is 0.239 e. The van der Waals surface area contributed by atoms with Crippen LogP contribution in [0.1, 0.15) is 5.82 Å². The van der Waals surface area contributed by atoms with Gasteiger partial charge in [0.1, 0.15) is 11.0 Å². The van der Waals surface area contributed by atoms with Crippen molar-refractivity contribution in [3.8, 4) is 0 Å². The summed E-state index contributed by atoms with van der Waals surface area (Å²) in [5.41, 5.74) is 1.94. The van der Waals surface area contributed by atoms with E-state index in [9.17, 15) is 4.79 Å². The van der Waals surface area contributed by atoms with E-state index < -0.39 is 0 Å². The van der Waals surface area contributed by atoms with Gasteiger partial charge in [0.25, 0.3) is 0 Å². The number of fused-ring (bicyclic) bond motifs is 1. The Kier molecular flexibility index (Phi) is 5.08. The van der Waals surface area contributed by atoms with Crippen LogP contribution in [-0.2, 0) is 11.3 Å². The van der Waals surface area contributed by atoms with E-state index in [-0.39, 0.29) is 19.0 Å². The Morgan fingerprint density at radius 3 is 2.58 bits per heavy atom. The lowest BCUT2D eigenvalue weighted by molar-refractivity contribution is -0.119. The van der Waals surface area contributed by atoms with E-state index >= 15 is 0 Å². The van der Waals surface area contributed by atoms with Gasteiger partial charge < -0.3 is 15.6 Å². The van der Waals surface area contributed by atoms with Crippen molar-refractivity contribution in [3.63, 3.8) is 0 Å². The molecule has 1 aromatic carbocycles. The Balaban J connectivity index is 1.54. The minimum Gasteiger partial charge on any atom is -0.376 e. The van der Waals surface area contributed by atoms with Crippen LogP contribution in [0.4, 0.5) is 5.69 Å². The normalized spacial score (nSPS) is 10.8. The summed E-state index contributed by atoms with van der Waals surface area (Å²) in [7, 11) is 0. The van der Waals surface area contributed by atoms with Gasteiger partial charge in [0.05, 0.1) is 18.6 Å². The monoisotopic (exact) mass is 383 g/mol. The number of amides is 1. The van der Waals surface area contributed by atoms with Crippen LogP contribution in [0.2, 0.25) is 15.2 Å². The molecule has 2 aromatic heterocycles. The summed E-state index contributed by atoms with van der Waals surface area (Å²) in [5.74, 6) is 0.400. The Hall–Kier alpha value is -2.02. The van der Waals surface area contributed by atoms with Crippen LogP contribution in [0.15, 0.2) is 30.3 Å². The van der Waals surface area contributed by atoms with Crippen molar-refractivity contribution in [1.82, 2.24) is 20.3 Å². The molecule has 0 radical (unpaired) electrons. The molecule has 0 atom stereocenters.